The Morgan fingerprint density at radius 2 is 1.84 bits per heavy atom. The van der Waals surface area contributed by atoms with E-state index in [2.05, 4.69) is 26.4 Å². The highest BCUT2D eigenvalue weighted by atomic mass is 16.2. The van der Waals surface area contributed by atoms with Gasteiger partial charge in [0.15, 0.2) is 0 Å². The minimum Gasteiger partial charge on any atom is -0.352 e. The maximum absolute atomic E-state index is 12.7. The SMILES string of the molecule is Cc1nn(-c2ccccc2)c(C)c1CNC(=O)N1CCN(c2ncccc2C#N)CC1. The molecule has 8 heteroatoms. The van der Waals surface area contributed by atoms with Gasteiger partial charge in [-0.05, 0) is 38.1 Å². The van der Waals surface area contributed by atoms with Gasteiger partial charge >= 0.3 is 6.03 Å². The second kappa shape index (κ2) is 8.88. The van der Waals surface area contributed by atoms with Gasteiger partial charge in [-0.25, -0.2) is 14.5 Å². The normalized spacial score (nSPS) is 13.7. The Balaban J connectivity index is 1.36. The molecule has 2 amide bonds. The van der Waals surface area contributed by atoms with Crippen molar-refractivity contribution in [1.29, 1.82) is 5.26 Å². The number of carbonyl (C=O) groups excluding carboxylic acids is 1. The second-order valence-electron chi connectivity index (χ2n) is 7.52. The molecule has 8 nitrogen and oxygen atoms in total. The second-order valence-corrected chi connectivity index (χ2v) is 7.52. The molecule has 0 saturated carbocycles. The highest BCUT2D eigenvalue weighted by Gasteiger charge is 2.24. The maximum Gasteiger partial charge on any atom is 0.317 e. The number of hydrogen-bond donors (Lipinski definition) is 1. The third kappa shape index (κ3) is 4.21. The van der Waals surface area contributed by atoms with Gasteiger partial charge in [0.25, 0.3) is 0 Å². The third-order valence-electron chi connectivity index (χ3n) is 5.63. The molecule has 0 atom stereocenters. The molecule has 3 heterocycles. The predicted octanol–water partition coefficient (Wildman–Crippen LogP) is 2.79. The van der Waals surface area contributed by atoms with Crippen molar-refractivity contribution < 1.29 is 4.79 Å². The highest BCUT2D eigenvalue weighted by molar-refractivity contribution is 5.74. The van der Waals surface area contributed by atoms with Gasteiger partial charge in [-0.1, -0.05) is 18.2 Å². The largest absolute Gasteiger partial charge is 0.352 e. The summed E-state index contributed by atoms with van der Waals surface area (Å²) in [5.74, 6) is 0.685. The first-order chi connectivity index (χ1) is 15.1. The van der Waals surface area contributed by atoms with Gasteiger partial charge < -0.3 is 15.1 Å². The van der Waals surface area contributed by atoms with Gasteiger partial charge in [0.2, 0.25) is 0 Å². The fourth-order valence-corrected chi connectivity index (χ4v) is 3.88. The van der Waals surface area contributed by atoms with Gasteiger partial charge in [-0.15, -0.1) is 0 Å². The molecule has 31 heavy (non-hydrogen) atoms. The number of piperazine rings is 1. The molecule has 3 aromatic rings. The Morgan fingerprint density at radius 1 is 1.10 bits per heavy atom. The topological polar surface area (TPSA) is 90.1 Å². The van der Waals surface area contributed by atoms with Crippen LogP contribution in [0.3, 0.4) is 0 Å². The average Bonchev–Trinajstić information content (AvgIpc) is 3.11. The van der Waals surface area contributed by atoms with E-state index in [1.54, 1.807) is 23.2 Å². The summed E-state index contributed by atoms with van der Waals surface area (Å²) in [7, 11) is 0. The number of rotatable bonds is 4. The number of pyridine rings is 1. The fourth-order valence-electron chi connectivity index (χ4n) is 3.88. The van der Waals surface area contributed by atoms with Crippen LogP contribution in [0, 0.1) is 25.2 Å². The predicted molar refractivity (Wildman–Crippen MR) is 118 cm³/mol. The maximum atomic E-state index is 12.7. The standard InChI is InChI=1S/C23H25N7O/c1-17-21(18(2)30(27-17)20-8-4-3-5-9-20)16-26-23(31)29-13-11-28(12-14-29)22-19(15-24)7-6-10-25-22/h3-10H,11-14,16H2,1-2H3,(H,26,31). The monoisotopic (exact) mass is 415 g/mol. The number of nitrogens with one attached hydrogen (secondary N) is 1. The number of urea groups is 1. The number of benzene rings is 1. The Kier molecular flexibility index (Phi) is 5.85. The number of hydrogen-bond acceptors (Lipinski definition) is 5. The number of carbonyl (C=O) groups is 1. The number of amides is 2. The lowest BCUT2D eigenvalue weighted by molar-refractivity contribution is 0.194. The lowest BCUT2D eigenvalue weighted by atomic mass is 10.2. The lowest BCUT2D eigenvalue weighted by Gasteiger charge is -2.35. The van der Waals surface area contributed by atoms with Crippen LogP contribution >= 0.6 is 0 Å². The van der Waals surface area contributed by atoms with Crippen LogP contribution in [-0.2, 0) is 6.54 Å². The van der Waals surface area contributed by atoms with Crippen molar-refractivity contribution in [2.45, 2.75) is 20.4 Å². The zero-order chi connectivity index (χ0) is 21.8. The zero-order valence-electron chi connectivity index (χ0n) is 17.7. The molecule has 1 N–H and O–H groups in total. The number of aromatic nitrogens is 3. The van der Waals surface area contributed by atoms with Gasteiger partial charge in [0.1, 0.15) is 11.9 Å². The van der Waals surface area contributed by atoms with Gasteiger partial charge in [0.05, 0.1) is 16.9 Å². The van der Waals surface area contributed by atoms with Crippen molar-refractivity contribution in [3.8, 4) is 11.8 Å². The van der Waals surface area contributed by atoms with Crippen LogP contribution in [0.4, 0.5) is 10.6 Å². The minimum absolute atomic E-state index is 0.0903. The Morgan fingerprint density at radius 3 is 2.55 bits per heavy atom. The highest BCUT2D eigenvalue weighted by Crippen LogP contribution is 2.19. The Bertz CT molecular complexity index is 1110. The van der Waals surface area contributed by atoms with Crippen LogP contribution in [0.2, 0.25) is 0 Å². The van der Waals surface area contributed by atoms with Crippen LogP contribution in [-0.4, -0.2) is 51.9 Å². The minimum atomic E-state index is -0.0903. The number of aryl methyl sites for hydroxylation is 1. The van der Waals surface area contributed by atoms with Crippen molar-refractivity contribution in [3.05, 3.63) is 71.2 Å². The van der Waals surface area contributed by atoms with E-state index in [9.17, 15) is 10.1 Å². The molecule has 0 aliphatic carbocycles. The van der Waals surface area contributed by atoms with E-state index in [0.717, 1.165) is 22.6 Å². The summed E-state index contributed by atoms with van der Waals surface area (Å²) in [5.41, 5.74) is 4.52. The summed E-state index contributed by atoms with van der Waals surface area (Å²) in [6, 6.07) is 15.6. The summed E-state index contributed by atoms with van der Waals surface area (Å²) in [5, 5.41) is 17.0. The number of para-hydroxylation sites is 1. The Labute approximate surface area is 181 Å². The van der Waals surface area contributed by atoms with Gasteiger partial charge in [0, 0.05) is 50.2 Å². The molecule has 2 aromatic heterocycles. The molecular weight excluding hydrogens is 390 g/mol. The van der Waals surface area contributed by atoms with Gasteiger partial charge in [-0.3, -0.25) is 0 Å². The quantitative estimate of drug-likeness (QED) is 0.708. The van der Waals surface area contributed by atoms with Crippen molar-refractivity contribution in [2.75, 3.05) is 31.1 Å². The molecule has 158 valence electrons. The van der Waals surface area contributed by atoms with E-state index in [1.807, 2.05) is 48.9 Å². The van der Waals surface area contributed by atoms with E-state index in [-0.39, 0.29) is 6.03 Å². The molecule has 1 saturated heterocycles. The third-order valence-corrected chi connectivity index (χ3v) is 5.63. The first-order valence-electron chi connectivity index (χ1n) is 10.3. The number of anilines is 1. The molecule has 0 radical (unpaired) electrons. The Hall–Kier alpha value is -3.86. The first-order valence-corrected chi connectivity index (χ1v) is 10.3. The molecule has 0 bridgehead atoms. The van der Waals surface area contributed by atoms with E-state index in [0.29, 0.717) is 44.1 Å². The smallest absolute Gasteiger partial charge is 0.317 e. The lowest BCUT2D eigenvalue weighted by Crippen LogP contribution is -2.52. The van der Waals surface area contributed by atoms with Crippen LogP contribution in [0.1, 0.15) is 22.5 Å². The molecule has 1 aromatic carbocycles. The molecule has 0 spiro atoms. The average molecular weight is 416 g/mol. The van der Waals surface area contributed by atoms with Crippen molar-refractivity contribution >= 4 is 11.8 Å². The first kappa shape index (κ1) is 20.4. The summed E-state index contributed by atoms with van der Waals surface area (Å²) >= 11 is 0. The summed E-state index contributed by atoms with van der Waals surface area (Å²) in [6.07, 6.45) is 1.69. The number of nitrogens with zero attached hydrogens (tertiary/aromatic N) is 6. The van der Waals surface area contributed by atoms with E-state index < -0.39 is 0 Å². The van der Waals surface area contributed by atoms with Crippen LogP contribution in [0.15, 0.2) is 48.7 Å². The molecule has 1 aliphatic rings. The van der Waals surface area contributed by atoms with Crippen LogP contribution in [0.5, 0.6) is 0 Å². The summed E-state index contributed by atoms with van der Waals surface area (Å²) in [6.45, 7) is 6.86. The summed E-state index contributed by atoms with van der Waals surface area (Å²) < 4.78 is 1.91. The van der Waals surface area contributed by atoms with E-state index in [4.69, 9.17) is 0 Å². The molecule has 4 rings (SSSR count). The van der Waals surface area contributed by atoms with E-state index >= 15 is 0 Å². The van der Waals surface area contributed by atoms with Crippen molar-refractivity contribution in [2.24, 2.45) is 0 Å². The molecule has 0 unspecified atom stereocenters. The molecule has 1 fully saturated rings. The van der Waals surface area contributed by atoms with Crippen molar-refractivity contribution in [3.63, 3.8) is 0 Å². The number of nitriles is 1. The van der Waals surface area contributed by atoms with Crippen LogP contribution in [0.25, 0.3) is 5.69 Å². The molecular formula is C23H25N7O. The van der Waals surface area contributed by atoms with E-state index in [1.165, 1.54) is 0 Å². The fraction of sp³-hybridized carbons (Fsp3) is 0.304. The van der Waals surface area contributed by atoms with Gasteiger partial charge in [-0.2, -0.15) is 10.4 Å². The summed E-state index contributed by atoms with van der Waals surface area (Å²) in [4.78, 5) is 20.9. The molecule has 1 aliphatic heterocycles. The van der Waals surface area contributed by atoms with Crippen molar-refractivity contribution in [1.82, 2.24) is 25.0 Å². The zero-order valence-corrected chi connectivity index (χ0v) is 17.7. The van der Waals surface area contributed by atoms with Crippen LogP contribution < -0.4 is 10.2 Å².